The van der Waals surface area contributed by atoms with Gasteiger partial charge in [-0.15, -0.1) is 0 Å². The fraction of sp³-hybridized carbons (Fsp3) is 0.462. The first-order valence-electron chi connectivity index (χ1n) is 5.79. The lowest BCUT2D eigenvalue weighted by Gasteiger charge is -2.33. The van der Waals surface area contributed by atoms with Crippen LogP contribution in [0.3, 0.4) is 0 Å². The molecular formula is C13H16ClNO2. The Kier molecular flexibility index (Phi) is 3.40. The van der Waals surface area contributed by atoms with Crippen molar-refractivity contribution in [1.29, 1.82) is 0 Å². The van der Waals surface area contributed by atoms with Gasteiger partial charge in [0.05, 0.1) is 6.10 Å². The lowest BCUT2D eigenvalue weighted by atomic mass is 9.97. The Morgan fingerprint density at radius 3 is 2.88 bits per heavy atom. The van der Waals surface area contributed by atoms with E-state index in [4.69, 9.17) is 11.6 Å². The number of nitrogens with zero attached hydrogens (tertiary/aromatic N) is 1. The zero-order valence-corrected chi connectivity index (χ0v) is 10.7. The summed E-state index contributed by atoms with van der Waals surface area (Å²) >= 11 is 5.92. The molecule has 0 aliphatic carbocycles. The monoisotopic (exact) mass is 253 g/mol. The summed E-state index contributed by atoms with van der Waals surface area (Å²) in [6, 6.07) is 5.29. The number of amides is 1. The van der Waals surface area contributed by atoms with E-state index in [1.807, 2.05) is 13.8 Å². The maximum atomic E-state index is 12.1. The van der Waals surface area contributed by atoms with Crippen molar-refractivity contribution in [2.75, 3.05) is 11.4 Å². The third-order valence-corrected chi connectivity index (χ3v) is 3.26. The largest absolute Gasteiger partial charge is 0.388 e. The maximum Gasteiger partial charge on any atom is 0.229 e. The van der Waals surface area contributed by atoms with Crippen molar-refractivity contribution in [2.24, 2.45) is 5.92 Å². The summed E-state index contributed by atoms with van der Waals surface area (Å²) in [6.07, 6.45) is 0.0335. The molecule has 1 aliphatic heterocycles. The van der Waals surface area contributed by atoms with Crippen molar-refractivity contribution in [1.82, 2.24) is 0 Å². The number of anilines is 1. The molecule has 0 spiro atoms. The molecule has 92 valence electrons. The van der Waals surface area contributed by atoms with Gasteiger partial charge in [-0.2, -0.15) is 0 Å². The Bertz CT molecular complexity index is 445. The molecule has 1 aromatic rings. The van der Waals surface area contributed by atoms with Crippen LogP contribution in [0, 0.1) is 5.92 Å². The molecule has 0 fully saturated rings. The zero-order valence-electron chi connectivity index (χ0n) is 9.98. The zero-order chi connectivity index (χ0) is 12.6. The van der Waals surface area contributed by atoms with Crippen molar-refractivity contribution in [3.05, 3.63) is 28.8 Å². The van der Waals surface area contributed by atoms with Crippen LogP contribution in [0.25, 0.3) is 0 Å². The molecule has 3 nitrogen and oxygen atoms in total. The minimum absolute atomic E-state index is 0.0474. The van der Waals surface area contributed by atoms with Crippen LogP contribution in [0.1, 0.15) is 31.9 Å². The van der Waals surface area contributed by atoms with Crippen LogP contribution in [0.2, 0.25) is 5.02 Å². The predicted octanol–water partition coefficient (Wildman–Crippen LogP) is 2.77. The average Bonchev–Trinajstić information content (AvgIpc) is 2.29. The van der Waals surface area contributed by atoms with Gasteiger partial charge in [-0.05, 0) is 24.6 Å². The normalized spacial score (nSPS) is 19.4. The Morgan fingerprint density at radius 2 is 2.24 bits per heavy atom. The third kappa shape index (κ3) is 2.31. The number of fused-ring (bicyclic) bond motifs is 1. The molecule has 1 N–H and O–H groups in total. The summed E-state index contributed by atoms with van der Waals surface area (Å²) in [7, 11) is 0. The predicted molar refractivity (Wildman–Crippen MR) is 68.2 cm³/mol. The Hall–Kier alpha value is -1.06. The number of halogens is 1. The fourth-order valence-electron chi connectivity index (χ4n) is 2.11. The van der Waals surface area contributed by atoms with Crippen molar-refractivity contribution in [2.45, 2.75) is 26.4 Å². The van der Waals surface area contributed by atoms with Gasteiger partial charge < -0.3 is 10.0 Å². The van der Waals surface area contributed by atoms with Crippen molar-refractivity contribution >= 4 is 23.2 Å². The number of hydrogen-bond donors (Lipinski definition) is 1. The van der Waals surface area contributed by atoms with Crippen LogP contribution in [-0.4, -0.2) is 17.6 Å². The number of hydrogen-bond acceptors (Lipinski definition) is 2. The van der Waals surface area contributed by atoms with E-state index in [0.29, 0.717) is 18.0 Å². The van der Waals surface area contributed by atoms with Crippen molar-refractivity contribution in [3.63, 3.8) is 0 Å². The number of rotatable bonds is 1. The van der Waals surface area contributed by atoms with E-state index in [1.54, 1.807) is 23.1 Å². The van der Waals surface area contributed by atoms with E-state index in [-0.39, 0.29) is 11.8 Å². The minimum atomic E-state index is -0.528. The molecule has 0 bridgehead atoms. The van der Waals surface area contributed by atoms with Crippen LogP contribution in [0.5, 0.6) is 0 Å². The lowest BCUT2D eigenvalue weighted by molar-refractivity contribution is -0.121. The number of carbonyl (C=O) groups excluding carboxylic acids is 1. The topological polar surface area (TPSA) is 40.5 Å². The molecule has 1 aliphatic rings. The van der Waals surface area contributed by atoms with Gasteiger partial charge in [-0.25, -0.2) is 0 Å². The van der Waals surface area contributed by atoms with Gasteiger partial charge in [0, 0.05) is 28.7 Å². The summed E-state index contributed by atoms with van der Waals surface area (Å²) in [6.45, 7) is 4.32. The number of carbonyl (C=O) groups is 1. The fourth-order valence-corrected chi connectivity index (χ4v) is 2.29. The maximum absolute atomic E-state index is 12.1. The molecule has 0 radical (unpaired) electrons. The van der Waals surface area contributed by atoms with Crippen LogP contribution in [0.15, 0.2) is 18.2 Å². The smallest absolute Gasteiger partial charge is 0.229 e. The van der Waals surface area contributed by atoms with E-state index in [0.717, 1.165) is 11.3 Å². The SMILES string of the molecule is CC(C)C(=O)N1CCC(O)c2cc(Cl)ccc21. The quantitative estimate of drug-likeness (QED) is 0.836. The summed E-state index contributed by atoms with van der Waals surface area (Å²) in [4.78, 5) is 13.8. The summed E-state index contributed by atoms with van der Waals surface area (Å²) in [5, 5.41) is 10.5. The Morgan fingerprint density at radius 1 is 1.53 bits per heavy atom. The standard InChI is InChI=1S/C13H16ClNO2/c1-8(2)13(17)15-6-5-12(16)10-7-9(14)3-4-11(10)15/h3-4,7-8,12,16H,5-6H2,1-2H3. The first-order chi connectivity index (χ1) is 8.00. The highest BCUT2D eigenvalue weighted by Crippen LogP contribution is 2.36. The average molecular weight is 254 g/mol. The van der Waals surface area contributed by atoms with Gasteiger partial charge in [0.2, 0.25) is 5.91 Å². The minimum Gasteiger partial charge on any atom is -0.388 e. The highest BCUT2D eigenvalue weighted by molar-refractivity contribution is 6.30. The molecule has 1 amide bonds. The molecule has 1 heterocycles. The second-order valence-electron chi connectivity index (χ2n) is 4.65. The molecular weight excluding hydrogens is 238 g/mol. The van der Waals surface area contributed by atoms with Crippen LogP contribution >= 0.6 is 11.6 Å². The molecule has 0 aromatic heterocycles. The Labute approximate surface area is 106 Å². The second-order valence-corrected chi connectivity index (χ2v) is 5.09. The lowest BCUT2D eigenvalue weighted by Crippen LogP contribution is -2.39. The summed E-state index contributed by atoms with van der Waals surface area (Å²) < 4.78 is 0. The van der Waals surface area contributed by atoms with Crippen molar-refractivity contribution < 1.29 is 9.90 Å². The van der Waals surface area contributed by atoms with Gasteiger partial charge in [-0.3, -0.25) is 4.79 Å². The molecule has 0 saturated heterocycles. The molecule has 1 atom stereocenters. The number of benzene rings is 1. The molecule has 4 heteroatoms. The van der Waals surface area contributed by atoms with E-state index in [1.165, 1.54) is 0 Å². The molecule has 0 saturated carbocycles. The Balaban J connectivity index is 2.42. The first kappa shape index (κ1) is 12.4. The van der Waals surface area contributed by atoms with E-state index >= 15 is 0 Å². The summed E-state index contributed by atoms with van der Waals surface area (Å²) in [5.74, 6) is 0.0363. The third-order valence-electron chi connectivity index (χ3n) is 3.03. The van der Waals surface area contributed by atoms with Crippen LogP contribution in [-0.2, 0) is 4.79 Å². The molecule has 17 heavy (non-hydrogen) atoms. The van der Waals surface area contributed by atoms with Gasteiger partial charge >= 0.3 is 0 Å². The molecule has 1 aromatic carbocycles. The van der Waals surface area contributed by atoms with E-state index in [2.05, 4.69) is 0 Å². The van der Waals surface area contributed by atoms with Gasteiger partial charge in [-0.1, -0.05) is 25.4 Å². The molecule has 1 unspecified atom stereocenters. The van der Waals surface area contributed by atoms with Gasteiger partial charge in [0.15, 0.2) is 0 Å². The summed E-state index contributed by atoms with van der Waals surface area (Å²) in [5.41, 5.74) is 1.53. The highest BCUT2D eigenvalue weighted by atomic mass is 35.5. The molecule has 2 rings (SSSR count). The first-order valence-corrected chi connectivity index (χ1v) is 6.17. The second kappa shape index (κ2) is 4.67. The van der Waals surface area contributed by atoms with Gasteiger partial charge in [0.25, 0.3) is 0 Å². The van der Waals surface area contributed by atoms with Crippen molar-refractivity contribution in [3.8, 4) is 0 Å². The van der Waals surface area contributed by atoms with E-state index < -0.39 is 6.10 Å². The number of aliphatic hydroxyl groups excluding tert-OH is 1. The van der Waals surface area contributed by atoms with E-state index in [9.17, 15) is 9.90 Å². The highest BCUT2D eigenvalue weighted by Gasteiger charge is 2.28. The van der Waals surface area contributed by atoms with Crippen LogP contribution < -0.4 is 4.90 Å². The van der Waals surface area contributed by atoms with Gasteiger partial charge in [0.1, 0.15) is 0 Å². The number of aliphatic hydroxyl groups is 1. The van der Waals surface area contributed by atoms with Crippen LogP contribution in [0.4, 0.5) is 5.69 Å².